The van der Waals surface area contributed by atoms with Crippen molar-refractivity contribution in [1.82, 2.24) is 0 Å². The first-order chi connectivity index (χ1) is 24.1. The van der Waals surface area contributed by atoms with E-state index in [1.165, 1.54) is 44.5 Å². The topological polar surface area (TPSA) is 51.2 Å². The zero-order valence-corrected chi connectivity index (χ0v) is 29.3. The van der Waals surface area contributed by atoms with Gasteiger partial charge < -0.3 is 24.2 Å². The Bertz CT molecular complexity index is 2270. The molecular formula is C45H41NO4. The zero-order valence-electron chi connectivity index (χ0n) is 29.3. The van der Waals surface area contributed by atoms with Crippen molar-refractivity contribution in [2.24, 2.45) is 0 Å². The van der Waals surface area contributed by atoms with Crippen LogP contribution in [0.2, 0.25) is 0 Å². The highest BCUT2D eigenvalue weighted by Gasteiger charge is 2.44. The average Bonchev–Trinajstić information content (AvgIpc) is 3.37. The molecule has 0 bridgehead atoms. The van der Waals surface area contributed by atoms with Gasteiger partial charge in [0.15, 0.2) is 11.9 Å². The summed E-state index contributed by atoms with van der Waals surface area (Å²) in [4.78, 5) is 2.13. The van der Waals surface area contributed by atoms with Gasteiger partial charge in [0.2, 0.25) is 0 Å². The normalized spacial score (nSPS) is 17.3. The lowest BCUT2D eigenvalue weighted by Crippen LogP contribution is -2.35. The number of hydrogen-bond acceptors (Lipinski definition) is 5. The summed E-state index contributed by atoms with van der Waals surface area (Å²) in [6, 6.07) is 40.2. The van der Waals surface area contributed by atoms with Crippen LogP contribution in [0, 0.1) is 0 Å². The number of fused-ring (bicyclic) bond motifs is 8. The molecule has 1 heterocycles. The highest BCUT2D eigenvalue weighted by atomic mass is 16.6. The number of methoxy groups -OCH3 is 1. The lowest BCUT2D eigenvalue weighted by molar-refractivity contribution is -0.000336. The van der Waals surface area contributed by atoms with E-state index < -0.39 is 11.9 Å². The van der Waals surface area contributed by atoms with Crippen molar-refractivity contribution in [2.75, 3.05) is 26.1 Å². The third-order valence-corrected chi connectivity index (χ3v) is 10.4. The fraction of sp³-hybridized carbons (Fsp3) is 0.200. The third kappa shape index (κ3) is 4.95. The maximum atomic E-state index is 9.83. The van der Waals surface area contributed by atoms with Crippen LogP contribution in [-0.4, -0.2) is 32.6 Å². The van der Waals surface area contributed by atoms with Crippen LogP contribution in [0.5, 0.6) is 17.2 Å². The minimum Gasteiger partial charge on any atom is -0.497 e. The van der Waals surface area contributed by atoms with E-state index >= 15 is 0 Å². The van der Waals surface area contributed by atoms with Crippen molar-refractivity contribution in [1.29, 1.82) is 0 Å². The number of anilines is 1. The number of ether oxygens (including phenoxy) is 3. The standard InChI is InChI=1S/C45H41NO4/c1-28(47)49-35-22-16-32(17-23-35)45(31-14-20-34(48-6)21-15-31)26-25-39-42-41(36-9-7-8-10-37(36)43(39)50-45)38-24-13-30(27-40(38)44(42,2)3)29-11-18-33(19-12-29)46(4)5/h7-28,47H,1-6H3. The lowest BCUT2D eigenvalue weighted by Gasteiger charge is -2.38. The monoisotopic (exact) mass is 659 g/mol. The first-order valence-electron chi connectivity index (χ1n) is 17.1. The quantitative estimate of drug-likeness (QED) is 0.173. The number of rotatable bonds is 7. The Labute approximate surface area is 294 Å². The van der Waals surface area contributed by atoms with Crippen molar-refractivity contribution in [2.45, 2.75) is 38.1 Å². The SMILES string of the molecule is COc1ccc(C2(c3ccc(OC(C)O)cc3)C=Cc3c4c(c5ccccc5c3O2)-c2ccc(-c3ccc(N(C)C)cc3)cc2C4(C)C)cc1. The van der Waals surface area contributed by atoms with E-state index in [4.69, 9.17) is 14.2 Å². The van der Waals surface area contributed by atoms with Crippen LogP contribution in [0.3, 0.4) is 0 Å². The molecule has 2 aliphatic rings. The lowest BCUT2D eigenvalue weighted by atomic mass is 9.76. The summed E-state index contributed by atoms with van der Waals surface area (Å²) in [5.74, 6) is 2.23. The van der Waals surface area contributed by atoms with Gasteiger partial charge in [0, 0.05) is 47.3 Å². The summed E-state index contributed by atoms with van der Waals surface area (Å²) >= 11 is 0. The molecule has 0 spiro atoms. The molecule has 0 fully saturated rings. The molecule has 6 aromatic rings. The molecular weight excluding hydrogens is 618 g/mol. The molecule has 1 aliphatic carbocycles. The predicted octanol–water partition coefficient (Wildman–Crippen LogP) is 9.95. The van der Waals surface area contributed by atoms with Crippen molar-refractivity contribution in [3.63, 3.8) is 0 Å². The van der Waals surface area contributed by atoms with E-state index in [-0.39, 0.29) is 5.41 Å². The Morgan fingerprint density at radius 1 is 0.740 bits per heavy atom. The molecule has 1 N–H and O–H groups in total. The Kier molecular flexibility index (Phi) is 7.50. The maximum Gasteiger partial charge on any atom is 0.194 e. The van der Waals surface area contributed by atoms with E-state index in [2.05, 4.69) is 124 Å². The second kappa shape index (κ2) is 11.8. The molecule has 0 amide bonds. The van der Waals surface area contributed by atoms with Crippen molar-refractivity contribution in [3.05, 3.63) is 149 Å². The molecule has 5 heteroatoms. The van der Waals surface area contributed by atoms with Crippen LogP contribution in [0.25, 0.3) is 39.1 Å². The molecule has 8 rings (SSSR count). The summed E-state index contributed by atoms with van der Waals surface area (Å²) in [6.07, 6.45) is 3.55. The molecule has 50 heavy (non-hydrogen) atoms. The molecule has 250 valence electrons. The van der Waals surface area contributed by atoms with E-state index in [9.17, 15) is 5.11 Å². The number of aliphatic hydroxyl groups excluding tert-OH is 1. The van der Waals surface area contributed by atoms with Gasteiger partial charge in [0.05, 0.1) is 7.11 Å². The van der Waals surface area contributed by atoms with E-state index in [0.717, 1.165) is 33.6 Å². The number of aliphatic hydroxyl groups is 1. The number of nitrogens with zero attached hydrogens (tertiary/aromatic N) is 1. The summed E-state index contributed by atoms with van der Waals surface area (Å²) < 4.78 is 18.5. The van der Waals surface area contributed by atoms with E-state index in [1.54, 1.807) is 14.0 Å². The second-order valence-electron chi connectivity index (χ2n) is 14.0. The van der Waals surface area contributed by atoms with Gasteiger partial charge in [0.1, 0.15) is 17.2 Å². The van der Waals surface area contributed by atoms with Gasteiger partial charge in [-0.1, -0.05) is 92.7 Å². The van der Waals surface area contributed by atoms with Crippen LogP contribution in [0.4, 0.5) is 5.69 Å². The number of hydrogen-bond donors (Lipinski definition) is 1. The van der Waals surface area contributed by atoms with Gasteiger partial charge in [-0.15, -0.1) is 0 Å². The van der Waals surface area contributed by atoms with E-state index in [1.807, 2.05) is 36.4 Å². The Morgan fingerprint density at radius 2 is 1.36 bits per heavy atom. The summed E-state index contributed by atoms with van der Waals surface area (Å²) in [5.41, 5.74) is 10.5. The Hall–Kier alpha value is -5.52. The first-order valence-corrected chi connectivity index (χ1v) is 17.1. The van der Waals surface area contributed by atoms with Gasteiger partial charge in [-0.3, -0.25) is 0 Å². The van der Waals surface area contributed by atoms with Gasteiger partial charge in [-0.2, -0.15) is 0 Å². The van der Waals surface area contributed by atoms with Gasteiger partial charge in [0.25, 0.3) is 0 Å². The second-order valence-corrected chi connectivity index (χ2v) is 14.0. The summed E-state index contributed by atoms with van der Waals surface area (Å²) in [5, 5.41) is 12.1. The van der Waals surface area contributed by atoms with E-state index in [0.29, 0.717) is 5.75 Å². The fourth-order valence-electron chi connectivity index (χ4n) is 7.86. The van der Waals surface area contributed by atoms with Crippen LogP contribution < -0.4 is 19.1 Å². The summed E-state index contributed by atoms with van der Waals surface area (Å²) in [7, 11) is 5.81. The molecule has 0 aromatic heterocycles. The van der Waals surface area contributed by atoms with Crippen LogP contribution in [0.15, 0.2) is 121 Å². The minimum absolute atomic E-state index is 0.286. The molecule has 0 radical (unpaired) electrons. The highest BCUT2D eigenvalue weighted by Crippen LogP contribution is 2.58. The molecule has 2 atom stereocenters. The highest BCUT2D eigenvalue weighted by molar-refractivity contribution is 6.08. The predicted molar refractivity (Wildman–Crippen MR) is 203 cm³/mol. The fourth-order valence-corrected chi connectivity index (χ4v) is 7.86. The molecule has 0 saturated heterocycles. The summed E-state index contributed by atoms with van der Waals surface area (Å²) in [6.45, 7) is 6.28. The van der Waals surface area contributed by atoms with Crippen molar-refractivity contribution < 1.29 is 19.3 Å². The molecule has 0 saturated carbocycles. The molecule has 2 unspecified atom stereocenters. The van der Waals surface area contributed by atoms with Gasteiger partial charge in [-0.25, -0.2) is 0 Å². The molecule has 6 aromatic carbocycles. The van der Waals surface area contributed by atoms with Crippen molar-refractivity contribution in [3.8, 4) is 39.5 Å². The smallest absolute Gasteiger partial charge is 0.194 e. The minimum atomic E-state index is -0.929. The first kappa shape index (κ1) is 31.7. The average molecular weight is 660 g/mol. The van der Waals surface area contributed by atoms with Gasteiger partial charge in [-0.05, 0) is 94.2 Å². The van der Waals surface area contributed by atoms with Crippen LogP contribution in [0.1, 0.15) is 48.6 Å². The maximum absolute atomic E-state index is 9.83. The zero-order chi connectivity index (χ0) is 34.8. The molecule has 1 aliphatic heterocycles. The third-order valence-electron chi connectivity index (χ3n) is 10.4. The number of benzene rings is 6. The van der Waals surface area contributed by atoms with Crippen LogP contribution >= 0.6 is 0 Å². The Balaban J connectivity index is 1.31. The Morgan fingerprint density at radius 3 is 1.98 bits per heavy atom. The van der Waals surface area contributed by atoms with Crippen molar-refractivity contribution >= 4 is 22.5 Å². The largest absolute Gasteiger partial charge is 0.497 e. The molecule has 5 nitrogen and oxygen atoms in total. The van der Waals surface area contributed by atoms with Crippen LogP contribution in [-0.2, 0) is 11.0 Å². The van der Waals surface area contributed by atoms with Gasteiger partial charge >= 0.3 is 0 Å².